The van der Waals surface area contributed by atoms with E-state index in [9.17, 15) is 0 Å². The van der Waals surface area contributed by atoms with Crippen LogP contribution < -0.4 is 0 Å². The maximum absolute atomic E-state index is 5.72. The van der Waals surface area contributed by atoms with Crippen molar-refractivity contribution in [3.05, 3.63) is 0 Å². The van der Waals surface area contributed by atoms with Crippen molar-refractivity contribution in [2.24, 2.45) is 0 Å². The van der Waals surface area contributed by atoms with Crippen LogP contribution in [-0.4, -0.2) is 18.6 Å². The van der Waals surface area contributed by atoms with Crippen LogP contribution in [0.2, 0.25) is 0 Å². The second kappa shape index (κ2) is 4.29. The summed E-state index contributed by atoms with van der Waals surface area (Å²) >= 11 is 1.44. The van der Waals surface area contributed by atoms with Crippen molar-refractivity contribution in [2.75, 3.05) is 0 Å². The van der Waals surface area contributed by atoms with Gasteiger partial charge in [0.1, 0.15) is 7.85 Å². The Labute approximate surface area is 69.5 Å². The van der Waals surface area contributed by atoms with Gasteiger partial charge < -0.3 is 4.18 Å². The second-order valence-electron chi connectivity index (χ2n) is 2.89. The van der Waals surface area contributed by atoms with Gasteiger partial charge in [-0.05, 0) is 25.4 Å². The molecule has 0 aliphatic heterocycles. The molecule has 1 unspecified atom stereocenters. The van der Waals surface area contributed by atoms with Crippen molar-refractivity contribution in [2.45, 2.75) is 44.9 Å². The minimum atomic E-state index is -0.463. The lowest BCUT2D eigenvalue weighted by Gasteiger charge is -2.23. The topological polar surface area (TPSA) is 9.23 Å². The predicted octanol–water partition coefficient (Wildman–Crippen LogP) is 2.35. The van der Waals surface area contributed by atoms with Crippen LogP contribution >= 0.6 is 12.0 Å². The van der Waals surface area contributed by atoms with E-state index < -0.39 is 5.50 Å². The summed E-state index contributed by atoms with van der Waals surface area (Å²) in [6.07, 6.45) is 0.840. The molecular weight excluding hydrogens is 143 g/mol. The Kier molecular flexibility index (Phi) is 4.45. The van der Waals surface area contributed by atoms with Gasteiger partial charge in [-0.1, -0.05) is 20.8 Å². The molecule has 1 nitrogen and oxygen atoms in total. The number of hydrogen-bond acceptors (Lipinski definition) is 2. The van der Waals surface area contributed by atoms with Gasteiger partial charge in [-0.2, -0.15) is 0 Å². The van der Waals surface area contributed by atoms with E-state index in [4.69, 9.17) is 12.0 Å². The zero-order chi connectivity index (χ0) is 8.20. The van der Waals surface area contributed by atoms with Crippen molar-refractivity contribution in [3.8, 4) is 0 Å². The van der Waals surface area contributed by atoms with Crippen LogP contribution in [0.4, 0.5) is 0 Å². The molecule has 3 heteroatoms. The highest BCUT2D eigenvalue weighted by Gasteiger charge is 2.15. The van der Waals surface area contributed by atoms with Crippen molar-refractivity contribution in [1.82, 2.24) is 0 Å². The fraction of sp³-hybridized carbons (Fsp3) is 1.00. The minimum absolute atomic E-state index is 0.463. The normalized spacial score (nSPS) is 17.3. The van der Waals surface area contributed by atoms with Gasteiger partial charge in [0, 0.05) is 10.8 Å². The molecule has 0 N–H and O–H groups in total. The highest BCUT2D eigenvalue weighted by atomic mass is 32.2. The number of rotatable bonds is 4. The maximum Gasteiger partial charge on any atom is 0.115 e. The highest BCUT2D eigenvalue weighted by molar-refractivity contribution is 7.95. The van der Waals surface area contributed by atoms with Gasteiger partial charge in [0.15, 0.2) is 0 Å². The van der Waals surface area contributed by atoms with E-state index in [1.165, 1.54) is 12.0 Å². The molecule has 10 heavy (non-hydrogen) atoms. The van der Waals surface area contributed by atoms with Gasteiger partial charge >= 0.3 is 0 Å². The van der Waals surface area contributed by atoms with E-state index >= 15 is 0 Å². The molecule has 0 heterocycles. The maximum atomic E-state index is 5.72. The van der Waals surface area contributed by atoms with Crippen LogP contribution in [0, 0.1) is 0 Å². The molecule has 2 radical (unpaired) electrons. The third-order valence-corrected chi connectivity index (χ3v) is 1.99. The SMILES string of the molecule is [B]C(C)(CC)OSC(C)C. The lowest BCUT2D eigenvalue weighted by molar-refractivity contribution is 0.209. The average Bonchev–Trinajstić information content (AvgIpc) is 1.85. The van der Waals surface area contributed by atoms with Crippen molar-refractivity contribution < 1.29 is 4.18 Å². The van der Waals surface area contributed by atoms with Crippen LogP contribution in [0.5, 0.6) is 0 Å². The lowest BCUT2D eigenvalue weighted by Crippen LogP contribution is -2.25. The summed E-state index contributed by atoms with van der Waals surface area (Å²) < 4.78 is 5.33. The first-order chi connectivity index (χ1) is 4.48. The Balaban J connectivity index is 3.46. The lowest BCUT2D eigenvalue weighted by atomic mass is 9.82. The quantitative estimate of drug-likeness (QED) is 0.458. The largest absolute Gasteiger partial charge is 0.319 e. The molecule has 0 bridgehead atoms. The average molecular weight is 158 g/mol. The van der Waals surface area contributed by atoms with Crippen LogP contribution in [0.25, 0.3) is 0 Å². The van der Waals surface area contributed by atoms with Crippen LogP contribution in [0.15, 0.2) is 0 Å². The number of hydrogen-bond donors (Lipinski definition) is 0. The van der Waals surface area contributed by atoms with Crippen LogP contribution in [0.3, 0.4) is 0 Å². The molecule has 0 aromatic carbocycles. The van der Waals surface area contributed by atoms with E-state index in [1.807, 2.05) is 13.8 Å². The van der Waals surface area contributed by atoms with Gasteiger partial charge in [0.25, 0.3) is 0 Å². The van der Waals surface area contributed by atoms with E-state index in [2.05, 4.69) is 13.8 Å². The molecule has 0 aromatic rings. The first kappa shape index (κ1) is 10.4. The fourth-order valence-electron chi connectivity index (χ4n) is 0.265. The third-order valence-electron chi connectivity index (χ3n) is 1.13. The predicted molar refractivity (Wildman–Crippen MR) is 48.3 cm³/mol. The Bertz CT molecular complexity index is 93.6. The van der Waals surface area contributed by atoms with Crippen molar-refractivity contribution in [1.29, 1.82) is 0 Å². The van der Waals surface area contributed by atoms with Gasteiger partial charge in [-0.3, -0.25) is 0 Å². The molecular formula is C7H15BOS. The van der Waals surface area contributed by atoms with Crippen LogP contribution in [0.1, 0.15) is 34.1 Å². The summed E-state index contributed by atoms with van der Waals surface area (Å²) in [5.74, 6) is 0. The molecule has 0 aliphatic carbocycles. The Morgan fingerprint density at radius 3 is 2.40 bits per heavy atom. The molecule has 0 amide bonds. The first-order valence-electron chi connectivity index (χ1n) is 3.61. The standard InChI is InChI=1S/C7H15BOS/c1-5-7(4,8)9-10-6(2)3/h6H,5H2,1-4H3. The molecule has 58 valence electrons. The second-order valence-corrected chi connectivity index (χ2v) is 4.20. The minimum Gasteiger partial charge on any atom is -0.319 e. The van der Waals surface area contributed by atoms with E-state index in [0.717, 1.165) is 6.42 Å². The molecule has 0 saturated heterocycles. The monoisotopic (exact) mass is 158 g/mol. The Morgan fingerprint density at radius 2 is 2.10 bits per heavy atom. The summed E-state index contributed by atoms with van der Waals surface area (Å²) in [6, 6.07) is 0. The summed E-state index contributed by atoms with van der Waals surface area (Å²) in [4.78, 5) is 0. The van der Waals surface area contributed by atoms with E-state index in [-0.39, 0.29) is 0 Å². The summed E-state index contributed by atoms with van der Waals surface area (Å²) in [5, 5.41) is 0.481. The van der Waals surface area contributed by atoms with E-state index in [0.29, 0.717) is 5.25 Å². The molecule has 0 spiro atoms. The molecule has 1 atom stereocenters. The van der Waals surface area contributed by atoms with Crippen molar-refractivity contribution in [3.63, 3.8) is 0 Å². The first-order valence-corrected chi connectivity index (χ1v) is 4.42. The Hall–Kier alpha value is 0.375. The zero-order valence-electron chi connectivity index (χ0n) is 7.18. The summed E-state index contributed by atoms with van der Waals surface area (Å²) in [7, 11) is 5.72. The van der Waals surface area contributed by atoms with Gasteiger partial charge in [0.2, 0.25) is 0 Å². The van der Waals surface area contributed by atoms with Gasteiger partial charge in [-0.25, -0.2) is 0 Å². The van der Waals surface area contributed by atoms with Gasteiger partial charge in [0.05, 0.1) is 0 Å². The highest BCUT2D eigenvalue weighted by Crippen LogP contribution is 2.21. The molecule has 0 aliphatic rings. The molecule has 0 aromatic heterocycles. The third kappa shape index (κ3) is 5.18. The molecule has 0 saturated carbocycles. The fourth-order valence-corrected chi connectivity index (χ4v) is 0.795. The Morgan fingerprint density at radius 1 is 1.60 bits per heavy atom. The zero-order valence-corrected chi connectivity index (χ0v) is 7.99. The summed E-state index contributed by atoms with van der Waals surface area (Å²) in [5.41, 5.74) is -0.463. The van der Waals surface area contributed by atoms with E-state index in [1.54, 1.807) is 0 Å². The molecule has 0 fully saturated rings. The smallest absolute Gasteiger partial charge is 0.115 e. The van der Waals surface area contributed by atoms with Crippen LogP contribution in [-0.2, 0) is 4.18 Å². The van der Waals surface area contributed by atoms with Crippen molar-refractivity contribution >= 4 is 19.9 Å². The van der Waals surface area contributed by atoms with Gasteiger partial charge in [-0.15, -0.1) is 0 Å². The molecule has 0 rings (SSSR count). The summed E-state index contributed by atoms with van der Waals surface area (Å²) in [6.45, 7) is 8.07.